The maximum absolute atomic E-state index is 11.5. The lowest BCUT2D eigenvalue weighted by atomic mass is 10.1. The number of carbonyl (C=O) groups excluding carboxylic acids is 1. The van der Waals surface area contributed by atoms with Crippen LogP contribution in [0.15, 0.2) is 24.3 Å². The second-order valence-corrected chi connectivity index (χ2v) is 4.85. The van der Waals surface area contributed by atoms with Crippen LogP contribution in [0.1, 0.15) is 45.4 Å². The van der Waals surface area contributed by atoms with Gasteiger partial charge in [0.2, 0.25) is 0 Å². The first-order chi connectivity index (χ1) is 9.72. The van der Waals surface area contributed by atoms with Gasteiger partial charge in [-0.2, -0.15) is 0 Å². The molecule has 0 fully saturated rings. The molecule has 0 unspecified atom stereocenters. The van der Waals surface area contributed by atoms with Gasteiger partial charge in [0, 0.05) is 11.8 Å². The zero-order valence-electron chi connectivity index (χ0n) is 12.3. The second-order valence-electron chi connectivity index (χ2n) is 4.85. The van der Waals surface area contributed by atoms with E-state index >= 15 is 0 Å². The summed E-state index contributed by atoms with van der Waals surface area (Å²) in [5.74, 6) is 0.252. The first kappa shape index (κ1) is 16.3. The number of ether oxygens (including phenoxy) is 2. The summed E-state index contributed by atoms with van der Waals surface area (Å²) in [6.45, 7) is 2.60. The van der Waals surface area contributed by atoms with Crippen molar-refractivity contribution in [3.63, 3.8) is 0 Å². The number of anilines is 1. The van der Waals surface area contributed by atoms with Crippen LogP contribution >= 0.6 is 0 Å². The lowest BCUT2D eigenvalue weighted by Crippen LogP contribution is -2.15. The van der Waals surface area contributed by atoms with Crippen molar-refractivity contribution >= 4 is 11.7 Å². The van der Waals surface area contributed by atoms with Crippen molar-refractivity contribution < 1.29 is 14.3 Å². The summed E-state index contributed by atoms with van der Waals surface area (Å²) < 4.78 is 10.4. The molecular weight excluding hydrogens is 254 g/mol. The average Bonchev–Trinajstić information content (AvgIpc) is 2.44. The van der Waals surface area contributed by atoms with Gasteiger partial charge in [-0.05, 0) is 18.6 Å². The van der Waals surface area contributed by atoms with E-state index in [0.717, 1.165) is 12.8 Å². The number of hydrogen-bond acceptors (Lipinski definition) is 4. The average molecular weight is 279 g/mol. The number of rotatable bonds is 10. The molecule has 1 rings (SSSR count). The molecule has 0 aliphatic carbocycles. The number of hydrogen-bond donors (Lipinski definition) is 1. The number of benzene rings is 1. The van der Waals surface area contributed by atoms with Crippen LogP contribution in [0.25, 0.3) is 0 Å². The van der Waals surface area contributed by atoms with Crippen molar-refractivity contribution in [3.8, 4) is 5.75 Å². The van der Waals surface area contributed by atoms with E-state index in [2.05, 4.69) is 6.92 Å². The molecule has 4 heteroatoms. The van der Waals surface area contributed by atoms with E-state index in [1.54, 1.807) is 24.3 Å². The highest BCUT2D eigenvalue weighted by Crippen LogP contribution is 2.14. The van der Waals surface area contributed by atoms with Crippen LogP contribution in [-0.2, 0) is 9.53 Å². The summed E-state index contributed by atoms with van der Waals surface area (Å²) in [7, 11) is 0. The Bertz CT molecular complexity index is 393. The Hall–Kier alpha value is -1.71. The molecular formula is C16H25NO3. The van der Waals surface area contributed by atoms with Gasteiger partial charge in [-0.1, -0.05) is 45.1 Å². The molecule has 0 amide bonds. The van der Waals surface area contributed by atoms with E-state index in [1.165, 1.54) is 25.7 Å². The van der Waals surface area contributed by atoms with Crippen LogP contribution in [-0.4, -0.2) is 19.2 Å². The van der Waals surface area contributed by atoms with Crippen molar-refractivity contribution in [2.75, 3.05) is 18.9 Å². The van der Waals surface area contributed by atoms with Crippen molar-refractivity contribution in [1.82, 2.24) is 0 Å². The van der Waals surface area contributed by atoms with E-state index in [4.69, 9.17) is 15.2 Å². The van der Waals surface area contributed by atoms with E-state index in [9.17, 15) is 4.79 Å². The number of carbonyl (C=O) groups is 1. The van der Waals surface area contributed by atoms with Gasteiger partial charge in [-0.15, -0.1) is 0 Å². The Kier molecular flexibility index (Phi) is 8.27. The summed E-state index contributed by atoms with van der Waals surface area (Å²) >= 11 is 0. The van der Waals surface area contributed by atoms with Crippen molar-refractivity contribution in [1.29, 1.82) is 0 Å². The Morgan fingerprint density at radius 1 is 1.15 bits per heavy atom. The fourth-order valence-electron chi connectivity index (χ4n) is 1.86. The molecule has 0 aliphatic rings. The molecule has 0 aromatic heterocycles. The number of unbranched alkanes of at least 4 members (excludes halogenated alkanes) is 5. The van der Waals surface area contributed by atoms with Crippen molar-refractivity contribution in [2.24, 2.45) is 0 Å². The van der Waals surface area contributed by atoms with E-state index in [1.807, 2.05) is 0 Å². The largest absolute Gasteiger partial charge is 0.482 e. The summed E-state index contributed by atoms with van der Waals surface area (Å²) in [5, 5.41) is 0. The normalized spacial score (nSPS) is 10.2. The summed E-state index contributed by atoms with van der Waals surface area (Å²) in [4.78, 5) is 11.5. The standard InChI is InChI=1S/C16H25NO3/c1-2-3-4-5-6-7-11-19-16(18)13-20-15-10-8-9-14(17)12-15/h8-10,12H,2-7,11,13,17H2,1H3. The van der Waals surface area contributed by atoms with Crippen molar-refractivity contribution in [3.05, 3.63) is 24.3 Å². The molecule has 1 aromatic rings. The topological polar surface area (TPSA) is 61.5 Å². The van der Waals surface area contributed by atoms with Gasteiger partial charge in [0.05, 0.1) is 6.61 Å². The third-order valence-electron chi connectivity index (χ3n) is 2.98. The third kappa shape index (κ3) is 7.67. The number of nitrogens with two attached hydrogens (primary N) is 1. The monoisotopic (exact) mass is 279 g/mol. The van der Waals surface area contributed by atoms with Crippen LogP contribution < -0.4 is 10.5 Å². The Balaban J connectivity index is 2.03. The first-order valence-electron chi connectivity index (χ1n) is 7.36. The minimum atomic E-state index is -0.332. The molecule has 0 radical (unpaired) electrons. The molecule has 0 spiro atoms. The fraction of sp³-hybridized carbons (Fsp3) is 0.562. The summed E-state index contributed by atoms with van der Waals surface area (Å²) in [5.41, 5.74) is 6.23. The van der Waals surface area contributed by atoms with Gasteiger partial charge in [-0.25, -0.2) is 4.79 Å². The highest BCUT2D eigenvalue weighted by Gasteiger charge is 2.04. The molecule has 1 aromatic carbocycles. The molecule has 0 heterocycles. The molecule has 0 aliphatic heterocycles. The molecule has 112 valence electrons. The summed E-state index contributed by atoms with van der Waals surface area (Å²) in [6, 6.07) is 6.99. The molecule has 0 bridgehead atoms. The fourth-order valence-corrected chi connectivity index (χ4v) is 1.86. The minimum absolute atomic E-state index is 0.0702. The highest BCUT2D eigenvalue weighted by molar-refractivity contribution is 5.71. The van der Waals surface area contributed by atoms with Gasteiger partial charge in [0.1, 0.15) is 5.75 Å². The molecule has 2 N–H and O–H groups in total. The minimum Gasteiger partial charge on any atom is -0.482 e. The number of nitrogen functional groups attached to an aromatic ring is 1. The van der Waals surface area contributed by atoms with Gasteiger partial charge in [0.15, 0.2) is 6.61 Å². The van der Waals surface area contributed by atoms with Gasteiger partial charge < -0.3 is 15.2 Å². The Labute approximate surface area is 121 Å². The zero-order valence-corrected chi connectivity index (χ0v) is 12.3. The van der Waals surface area contributed by atoms with Crippen LogP contribution in [0, 0.1) is 0 Å². The van der Waals surface area contributed by atoms with Crippen LogP contribution in [0.2, 0.25) is 0 Å². The molecule has 0 saturated heterocycles. The predicted molar refractivity (Wildman–Crippen MR) is 80.7 cm³/mol. The molecule has 20 heavy (non-hydrogen) atoms. The molecule has 0 atom stereocenters. The second kappa shape index (κ2) is 10.1. The summed E-state index contributed by atoms with van der Waals surface area (Å²) in [6.07, 6.45) is 7.05. The maximum atomic E-state index is 11.5. The number of esters is 1. The van der Waals surface area contributed by atoms with Gasteiger partial charge >= 0.3 is 5.97 Å². The zero-order chi connectivity index (χ0) is 14.6. The Morgan fingerprint density at radius 2 is 1.90 bits per heavy atom. The van der Waals surface area contributed by atoms with Gasteiger partial charge in [-0.3, -0.25) is 0 Å². The predicted octanol–water partition coefficient (Wildman–Crippen LogP) is 3.55. The van der Waals surface area contributed by atoms with E-state index in [0.29, 0.717) is 18.0 Å². The maximum Gasteiger partial charge on any atom is 0.344 e. The van der Waals surface area contributed by atoms with Crippen LogP contribution in [0.3, 0.4) is 0 Å². The van der Waals surface area contributed by atoms with E-state index in [-0.39, 0.29) is 12.6 Å². The highest BCUT2D eigenvalue weighted by atomic mass is 16.6. The quantitative estimate of drug-likeness (QED) is 0.404. The van der Waals surface area contributed by atoms with Crippen LogP contribution in [0.5, 0.6) is 5.75 Å². The molecule has 4 nitrogen and oxygen atoms in total. The lowest BCUT2D eigenvalue weighted by Gasteiger charge is -2.07. The van der Waals surface area contributed by atoms with Gasteiger partial charge in [0.25, 0.3) is 0 Å². The third-order valence-corrected chi connectivity index (χ3v) is 2.98. The molecule has 0 saturated carbocycles. The van der Waals surface area contributed by atoms with Crippen molar-refractivity contribution in [2.45, 2.75) is 45.4 Å². The Morgan fingerprint density at radius 3 is 2.65 bits per heavy atom. The lowest BCUT2D eigenvalue weighted by molar-refractivity contribution is -0.146. The first-order valence-corrected chi connectivity index (χ1v) is 7.36. The SMILES string of the molecule is CCCCCCCCOC(=O)COc1cccc(N)c1. The van der Waals surface area contributed by atoms with E-state index < -0.39 is 0 Å². The smallest absolute Gasteiger partial charge is 0.344 e. The van der Waals surface area contributed by atoms with Crippen LogP contribution in [0.4, 0.5) is 5.69 Å².